The number of halogens is 1. The van der Waals surface area contributed by atoms with E-state index in [9.17, 15) is 14.0 Å². The number of aliphatic carboxylic acids is 1. The molecule has 1 saturated heterocycles. The molecule has 2 amide bonds. The summed E-state index contributed by atoms with van der Waals surface area (Å²) in [5.41, 5.74) is 1.95. The fraction of sp³-hybridized carbons (Fsp3) is 0.412. The van der Waals surface area contributed by atoms with Gasteiger partial charge in [0.1, 0.15) is 5.82 Å². The van der Waals surface area contributed by atoms with E-state index >= 15 is 0 Å². The number of aromatic amines is 1. The molecule has 2 aromatic rings. The van der Waals surface area contributed by atoms with E-state index in [1.165, 1.54) is 12.1 Å². The number of carbonyl (C=O) groups excluding carboxylic acids is 1. The third kappa shape index (κ3) is 3.50. The number of carboxylic acid groups (broad SMARTS) is 1. The van der Waals surface area contributed by atoms with Crippen molar-refractivity contribution in [2.45, 2.75) is 25.2 Å². The Morgan fingerprint density at radius 1 is 1.33 bits per heavy atom. The fourth-order valence-corrected chi connectivity index (χ4v) is 3.24. The maximum absolute atomic E-state index is 13.3. The predicted molar refractivity (Wildman–Crippen MR) is 87.5 cm³/mol. The average molecular weight is 333 g/mol. The second-order valence-electron chi connectivity index (χ2n) is 6.07. The van der Waals surface area contributed by atoms with Crippen LogP contribution in [0.2, 0.25) is 0 Å². The molecule has 1 aromatic carbocycles. The molecule has 1 aliphatic rings. The third-order valence-corrected chi connectivity index (χ3v) is 4.51. The number of benzene rings is 1. The van der Waals surface area contributed by atoms with Gasteiger partial charge in [-0.15, -0.1) is 0 Å². The lowest BCUT2D eigenvalue weighted by Gasteiger charge is -2.32. The summed E-state index contributed by atoms with van der Waals surface area (Å²) in [5, 5.41) is 12.2. The topological polar surface area (TPSA) is 85.4 Å². The Labute approximate surface area is 138 Å². The van der Waals surface area contributed by atoms with Gasteiger partial charge in [0.25, 0.3) is 0 Å². The molecule has 0 unspecified atom stereocenters. The lowest BCUT2D eigenvalue weighted by atomic mass is 9.89. The SMILES string of the molecule is O=C(O)CCNC(=O)N1CCC(c2c[nH]c3cc(F)ccc23)CC1. The molecule has 6 nitrogen and oxygen atoms in total. The number of nitrogens with one attached hydrogen (secondary N) is 2. The highest BCUT2D eigenvalue weighted by Crippen LogP contribution is 2.33. The van der Waals surface area contributed by atoms with Crippen molar-refractivity contribution in [3.8, 4) is 0 Å². The molecule has 3 N–H and O–H groups in total. The number of hydrogen-bond acceptors (Lipinski definition) is 2. The number of nitrogens with zero attached hydrogens (tertiary/aromatic N) is 1. The van der Waals surface area contributed by atoms with Crippen molar-refractivity contribution < 1.29 is 19.1 Å². The van der Waals surface area contributed by atoms with Crippen molar-refractivity contribution in [2.75, 3.05) is 19.6 Å². The van der Waals surface area contributed by atoms with E-state index in [-0.39, 0.29) is 24.8 Å². The molecule has 3 rings (SSSR count). The van der Waals surface area contributed by atoms with Crippen LogP contribution in [0.5, 0.6) is 0 Å². The molecule has 128 valence electrons. The van der Waals surface area contributed by atoms with E-state index in [1.807, 2.05) is 6.20 Å². The largest absolute Gasteiger partial charge is 0.481 e. The number of amides is 2. The van der Waals surface area contributed by atoms with Crippen molar-refractivity contribution in [3.63, 3.8) is 0 Å². The number of rotatable bonds is 4. The second-order valence-corrected chi connectivity index (χ2v) is 6.07. The van der Waals surface area contributed by atoms with Crippen molar-refractivity contribution in [2.24, 2.45) is 0 Å². The highest BCUT2D eigenvalue weighted by Gasteiger charge is 2.25. The Morgan fingerprint density at radius 2 is 2.08 bits per heavy atom. The summed E-state index contributed by atoms with van der Waals surface area (Å²) in [7, 11) is 0. The van der Waals surface area contributed by atoms with Crippen LogP contribution in [0, 0.1) is 5.82 Å². The van der Waals surface area contributed by atoms with Crippen LogP contribution in [0.25, 0.3) is 10.9 Å². The first-order valence-corrected chi connectivity index (χ1v) is 8.05. The standard InChI is InChI=1S/C17H20FN3O3/c18-12-1-2-13-14(10-20-15(13)9-12)11-4-7-21(8-5-11)17(24)19-6-3-16(22)23/h1-2,9-11,20H,3-8H2,(H,19,24)(H,22,23). The fourth-order valence-electron chi connectivity index (χ4n) is 3.24. The van der Waals surface area contributed by atoms with Gasteiger partial charge in [0.05, 0.1) is 6.42 Å². The number of aromatic nitrogens is 1. The summed E-state index contributed by atoms with van der Waals surface area (Å²) in [6.45, 7) is 1.39. The molecule has 0 aliphatic carbocycles. The van der Waals surface area contributed by atoms with Crippen LogP contribution in [-0.4, -0.2) is 46.6 Å². The number of piperidine rings is 1. The van der Waals surface area contributed by atoms with Crippen LogP contribution in [0.1, 0.15) is 30.7 Å². The van der Waals surface area contributed by atoms with Gasteiger partial charge in [-0.3, -0.25) is 4.79 Å². The van der Waals surface area contributed by atoms with Crippen molar-refractivity contribution >= 4 is 22.9 Å². The Morgan fingerprint density at radius 3 is 2.79 bits per heavy atom. The van der Waals surface area contributed by atoms with Crippen LogP contribution in [0.4, 0.5) is 9.18 Å². The van der Waals surface area contributed by atoms with Gasteiger partial charge in [0.15, 0.2) is 0 Å². The predicted octanol–water partition coefficient (Wildman–Crippen LogP) is 2.67. The van der Waals surface area contributed by atoms with Gasteiger partial charge in [0, 0.05) is 36.7 Å². The van der Waals surface area contributed by atoms with Gasteiger partial charge in [-0.1, -0.05) is 0 Å². The molecular formula is C17H20FN3O3. The van der Waals surface area contributed by atoms with Crippen molar-refractivity contribution in [1.82, 2.24) is 15.2 Å². The molecule has 0 spiro atoms. The summed E-state index contributed by atoms with van der Waals surface area (Å²) in [5.74, 6) is -0.860. The Kier molecular flexibility index (Phi) is 4.69. The molecule has 24 heavy (non-hydrogen) atoms. The zero-order chi connectivity index (χ0) is 17.1. The van der Waals surface area contributed by atoms with Crippen LogP contribution in [0.15, 0.2) is 24.4 Å². The molecule has 7 heteroatoms. The zero-order valence-electron chi connectivity index (χ0n) is 13.2. The Bertz CT molecular complexity index is 751. The van der Waals surface area contributed by atoms with Crippen molar-refractivity contribution in [3.05, 3.63) is 35.8 Å². The second kappa shape index (κ2) is 6.90. The molecule has 0 bridgehead atoms. The van der Waals surface area contributed by atoms with Gasteiger partial charge >= 0.3 is 12.0 Å². The van der Waals surface area contributed by atoms with Gasteiger partial charge in [0.2, 0.25) is 0 Å². The first kappa shape index (κ1) is 16.3. The summed E-state index contributed by atoms with van der Waals surface area (Å²) in [6, 6.07) is 4.53. The van der Waals surface area contributed by atoms with Crippen LogP contribution < -0.4 is 5.32 Å². The summed E-state index contributed by atoms with van der Waals surface area (Å²) >= 11 is 0. The number of likely N-dealkylation sites (tertiary alicyclic amines) is 1. The van der Waals surface area contributed by atoms with Gasteiger partial charge in [-0.05, 0) is 42.5 Å². The smallest absolute Gasteiger partial charge is 0.317 e. The average Bonchev–Trinajstić information content (AvgIpc) is 2.97. The Balaban J connectivity index is 1.58. The monoisotopic (exact) mass is 333 g/mol. The van der Waals surface area contributed by atoms with Gasteiger partial charge in [-0.25, -0.2) is 9.18 Å². The highest BCUT2D eigenvalue weighted by atomic mass is 19.1. The normalized spacial score (nSPS) is 15.6. The van der Waals surface area contributed by atoms with E-state index < -0.39 is 5.97 Å². The van der Waals surface area contributed by atoms with E-state index in [0.717, 1.165) is 29.3 Å². The first-order valence-electron chi connectivity index (χ1n) is 8.05. The summed E-state index contributed by atoms with van der Waals surface area (Å²) in [6.07, 6.45) is 3.51. The number of carbonyl (C=O) groups is 2. The summed E-state index contributed by atoms with van der Waals surface area (Å²) in [4.78, 5) is 27.3. The first-order chi connectivity index (χ1) is 11.5. The maximum atomic E-state index is 13.3. The molecule has 0 atom stereocenters. The number of carboxylic acids is 1. The van der Waals surface area contributed by atoms with Crippen molar-refractivity contribution in [1.29, 1.82) is 0 Å². The molecule has 0 radical (unpaired) electrons. The minimum atomic E-state index is -0.926. The van der Waals surface area contributed by atoms with Crippen LogP contribution >= 0.6 is 0 Å². The molecule has 0 saturated carbocycles. The van der Waals surface area contributed by atoms with E-state index in [0.29, 0.717) is 19.0 Å². The lowest BCUT2D eigenvalue weighted by molar-refractivity contribution is -0.136. The number of hydrogen-bond donors (Lipinski definition) is 3. The van der Waals surface area contributed by atoms with E-state index in [4.69, 9.17) is 5.11 Å². The van der Waals surface area contributed by atoms with Crippen LogP contribution in [-0.2, 0) is 4.79 Å². The zero-order valence-corrected chi connectivity index (χ0v) is 13.2. The highest BCUT2D eigenvalue weighted by molar-refractivity contribution is 5.84. The van der Waals surface area contributed by atoms with Gasteiger partial charge < -0.3 is 20.3 Å². The number of H-pyrrole nitrogens is 1. The molecular weight excluding hydrogens is 313 g/mol. The third-order valence-electron chi connectivity index (χ3n) is 4.51. The van der Waals surface area contributed by atoms with E-state index in [2.05, 4.69) is 10.3 Å². The summed E-state index contributed by atoms with van der Waals surface area (Å²) < 4.78 is 13.3. The minimum absolute atomic E-state index is 0.0753. The number of fused-ring (bicyclic) bond motifs is 1. The minimum Gasteiger partial charge on any atom is -0.481 e. The Hall–Kier alpha value is -2.57. The molecule has 1 aliphatic heterocycles. The maximum Gasteiger partial charge on any atom is 0.317 e. The van der Waals surface area contributed by atoms with Gasteiger partial charge in [-0.2, -0.15) is 0 Å². The molecule has 1 fully saturated rings. The van der Waals surface area contributed by atoms with Crippen LogP contribution in [0.3, 0.4) is 0 Å². The molecule has 2 heterocycles. The quantitative estimate of drug-likeness (QED) is 0.804. The lowest BCUT2D eigenvalue weighted by Crippen LogP contribution is -2.44. The number of urea groups is 1. The molecule has 1 aromatic heterocycles. The van der Waals surface area contributed by atoms with E-state index in [1.54, 1.807) is 11.0 Å².